The van der Waals surface area contributed by atoms with Crippen LogP contribution in [0.5, 0.6) is 0 Å². The van der Waals surface area contributed by atoms with Gasteiger partial charge in [0.1, 0.15) is 0 Å². The molecule has 0 radical (unpaired) electrons. The van der Waals surface area contributed by atoms with E-state index in [9.17, 15) is 2.74 Å². The quantitative estimate of drug-likeness (QED) is 0.190. The number of benzene rings is 6. The lowest BCUT2D eigenvalue weighted by Crippen LogP contribution is -2.10. The van der Waals surface area contributed by atoms with E-state index in [0.29, 0.717) is 56.3 Å². The van der Waals surface area contributed by atoms with Gasteiger partial charge in [0.05, 0.1) is 33.0 Å². The maximum Gasteiger partial charge on any atom is 0.0645 e. The lowest BCUT2D eigenvalue weighted by atomic mass is 9.86. The van der Waals surface area contributed by atoms with Crippen molar-refractivity contribution in [3.8, 4) is 22.5 Å². The van der Waals surface area contributed by atoms with E-state index < -0.39 is 0 Å². The molecule has 226 valence electrons. The van der Waals surface area contributed by atoms with Gasteiger partial charge in [0.2, 0.25) is 0 Å². The fourth-order valence-electron chi connectivity index (χ4n) is 6.46. The van der Waals surface area contributed by atoms with E-state index in [-0.39, 0.29) is 47.1 Å². The van der Waals surface area contributed by atoms with Crippen molar-refractivity contribution >= 4 is 43.6 Å². The molecule has 0 aliphatic heterocycles. The molecule has 2 heteroatoms. The second-order valence-electron chi connectivity index (χ2n) is 14.2. The second-order valence-corrected chi connectivity index (χ2v) is 14.2. The monoisotopic (exact) mass is 604 g/mol. The van der Waals surface area contributed by atoms with E-state index in [1.807, 2.05) is 81.9 Å². The zero-order valence-electron chi connectivity index (χ0n) is 35.0. The van der Waals surface area contributed by atoms with E-state index in [4.69, 9.17) is 8.22 Å². The topological polar surface area (TPSA) is 9.86 Å². The first-order chi connectivity index (χ1) is 25.4. The summed E-state index contributed by atoms with van der Waals surface area (Å²) in [5, 5.41) is 2.84. The summed E-state index contributed by atoms with van der Waals surface area (Å²) in [6.45, 7) is 12.6. The summed E-state index contributed by atoms with van der Waals surface area (Å²) in [6.07, 6.45) is 0. The van der Waals surface area contributed by atoms with Crippen molar-refractivity contribution < 1.29 is 11.0 Å². The molecule has 0 aliphatic rings. The molecule has 0 saturated heterocycles. The second kappa shape index (κ2) is 10.2. The van der Waals surface area contributed by atoms with Crippen LogP contribution >= 0.6 is 0 Å². The van der Waals surface area contributed by atoms with E-state index in [1.165, 1.54) is 0 Å². The highest BCUT2D eigenvalue weighted by Gasteiger charge is 2.20. The Morgan fingerprint density at radius 1 is 0.435 bits per heavy atom. The fourth-order valence-corrected chi connectivity index (χ4v) is 6.46. The molecule has 0 aliphatic carbocycles. The molecular formula is C44H40N2. The largest absolute Gasteiger partial charge is 0.309 e. The van der Waals surface area contributed by atoms with Gasteiger partial charge in [-0.2, -0.15) is 0 Å². The van der Waals surface area contributed by atoms with Crippen LogP contribution in [0.1, 0.15) is 63.6 Å². The van der Waals surface area contributed by atoms with Crippen LogP contribution in [0.15, 0.2) is 133 Å². The van der Waals surface area contributed by atoms with Gasteiger partial charge < -0.3 is 9.13 Å². The van der Waals surface area contributed by atoms with Crippen molar-refractivity contribution in [2.45, 2.75) is 52.4 Å². The van der Waals surface area contributed by atoms with Gasteiger partial charge in [0.25, 0.3) is 0 Å². The molecule has 46 heavy (non-hydrogen) atoms. The van der Waals surface area contributed by atoms with Crippen molar-refractivity contribution in [1.82, 2.24) is 9.13 Å². The maximum absolute atomic E-state index is 9.22. The van der Waals surface area contributed by atoms with Gasteiger partial charge in [-0.1, -0.05) is 114 Å². The maximum atomic E-state index is 9.22. The van der Waals surface area contributed by atoms with Crippen LogP contribution in [-0.4, -0.2) is 9.13 Å². The summed E-state index contributed by atoms with van der Waals surface area (Å²) in [5.41, 5.74) is 6.74. The lowest BCUT2D eigenvalue weighted by molar-refractivity contribution is 0.591. The molecule has 0 amide bonds. The summed E-state index contributed by atoms with van der Waals surface area (Å²) in [4.78, 5) is 0. The average Bonchev–Trinajstić information content (AvgIpc) is 3.63. The summed E-state index contributed by atoms with van der Waals surface area (Å²) in [7, 11) is 0. The first-order valence-electron chi connectivity index (χ1n) is 19.7. The minimum absolute atomic E-state index is 0.0346. The van der Waals surface area contributed by atoms with Gasteiger partial charge in [-0.15, -0.1) is 0 Å². The fraction of sp³-hybridized carbons (Fsp3) is 0.182. The average molecular weight is 605 g/mol. The van der Waals surface area contributed by atoms with E-state index >= 15 is 0 Å². The van der Waals surface area contributed by atoms with Crippen LogP contribution in [-0.2, 0) is 10.8 Å². The van der Waals surface area contributed by atoms with Crippen molar-refractivity contribution in [1.29, 1.82) is 0 Å². The highest BCUT2D eigenvalue weighted by Crippen LogP contribution is 2.38. The van der Waals surface area contributed by atoms with Crippen molar-refractivity contribution in [2.24, 2.45) is 0 Å². The summed E-state index contributed by atoms with van der Waals surface area (Å²) >= 11 is 0. The Bertz CT molecular complexity index is 2690. The van der Waals surface area contributed by atoms with E-state index in [1.54, 1.807) is 12.1 Å². The molecule has 2 heterocycles. The number of para-hydroxylation sites is 2. The van der Waals surface area contributed by atoms with Crippen LogP contribution in [0.3, 0.4) is 0 Å². The molecule has 2 nitrogen and oxygen atoms in total. The smallest absolute Gasteiger partial charge is 0.0645 e. The van der Waals surface area contributed by atoms with Crippen LogP contribution in [0.2, 0.25) is 0 Å². The first kappa shape index (κ1) is 20.9. The number of rotatable bonds is 3. The molecule has 8 rings (SSSR count). The number of fused-ring (bicyclic) bond motifs is 6. The van der Waals surface area contributed by atoms with Crippen LogP contribution < -0.4 is 0 Å². The Balaban J connectivity index is 1.37. The standard InChI is InChI=1S/C44H40N2/c1-43(2,3)31-21-23-41-37(27-31)35-17-7-9-19-39(35)45(41)33-15-11-13-29(25-33)30-14-12-16-34(26-30)46-40-20-10-8-18-36(40)38-28-32(44(4,5)6)22-24-42(38)46/h7-28H,1-6H3/i7D,8D,9D,10D,19D,20D,23D,24D. The van der Waals surface area contributed by atoms with Crippen LogP contribution in [0.4, 0.5) is 0 Å². The predicted molar refractivity (Wildman–Crippen MR) is 198 cm³/mol. The van der Waals surface area contributed by atoms with Crippen molar-refractivity contribution in [3.05, 3.63) is 144 Å². The molecule has 0 spiro atoms. The van der Waals surface area contributed by atoms with Crippen molar-refractivity contribution in [2.75, 3.05) is 0 Å². The Kier molecular flexibility index (Phi) is 4.63. The first-order valence-corrected chi connectivity index (χ1v) is 15.7. The van der Waals surface area contributed by atoms with Gasteiger partial charge in [0, 0.05) is 32.9 Å². The Morgan fingerprint density at radius 3 is 1.26 bits per heavy atom. The number of hydrogen-bond acceptors (Lipinski definition) is 0. The zero-order valence-corrected chi connectivity index (χ0v) is 27.0. The SMILES string of the molecule is [2H]c1cc2c3cc(C(C)(C)C)cc([2H])c3n(-c3cccc(-c4cccc(-n5c6c([2H])cc(C(C)(C)C)cc6c6cc([2H])c([2H])c([2H])c65)c4)c3)c2c([2H])c1[2H]. The predicted octanol–water partition coefficient (Wildman–Crippen LogP) is 12.1. The summed E-state index contributed by atoms with van der Waals surface area (Å²) < 4.78 is 74.3. The Hall–Kier alpha value is -5.08. The highest BCUT2D eigenvalue weighted by atomic mass is 15.0. The van der Waals surface area contributed by atoms with Gasteiger partial charge in [-0.25, -0.2) is 0 Å². The van der Waals surface area contributed by atoms with E-state index in [2.05, 4.69) is 41.5 Å². The minimum Gasteiger partial charge on any atom is -0.309 e. The molecule has 0 fully saturated rings. The molecule has 0 saturated carbocycles. The molecule has 6 aromatic carbocycles. The Labute approximate surface area is 282 Å². The molecule has 8 aromatic rings. The van der Waals surface area contributed by atoms with Gasteiger partial charge in [0.15, 0.2) is 0 Å². The number of aromatic nitrogens is 2. The van der Waals surface area contributed by atoms with Crippen LogP contribution in [0, 0.1) is 0 Å². The molecule has 0 atom stereocenters. The molecule has 2 aromatic heterocycles. The summed E-state index contributed by atoms with van der Waals surface area (Å²) in [6, 6.07) is 26.8. The molecular weight excluding hydrogens is 556 g/mol. The highest BCUT2D eigenvalue weighted by molar-refractivity contribution is 6.10. The third-order valence-electron chi connectivity index (χ3n) is 9.04. The van der Waals surface area contributed by atoms with Crippen molar-refractivity contribution in [3.63, 3.8) is 0 Å². The molecule has 0 unspecified atom stereocenters. The summed E-state index contributed by atoms with van der Waals surface area (Å²) in [5.74, 6) is 0. The number of hydrogen-bond donors (Lipinski definition) is 0. The lowest BCUT2D eigenvalue weighted by Gasteiger charge is -2.19. The zero-order chi connectivity index (χ0) is 38.8. The molecule has 0 N–H and O–H groups in total. The molecule has 0 bridgehead atoms. The van der Waals surface area contributed by atoms with E-state index in [0.717, 1.165) is 33.0 Å². The van der Waals surface area contributed by atoms with Gasteiger partial charge in [-0.05, 0) is 93.7 Å². The van der Waals surface area contributed by atoms with Gasteiger partial charge in [-0.3, -0.25) is 0 Å². The van der Waals surface area contributed by atoms with Crippen LogP contribution in [0.25, 0.3) is 66.1 Å². The Morgan fingerprint density at radius 2 is 0.848 bits per heavy atom. The third kappa shape index (κ3) is 4.55. The van der Waals surface area contributed by atoms with Gasteiger partial charge >= 0.3 is 0 Å². The number of nitrogens with zero attached hydrogens (tertiary/aromatic N) is 2. The third-order valence-corrected chi connectivity index (χ3v) is 9.04. The minimum atomic E-state index is -0.231. The normalized spacial score (nSPS) is 15.0.